The van der Waals surface area contributed by atoms with Crippen LogP contribution in [0.4, 0.5) is 5.69 Å². The van der Waals surface area contributed by atoms with Gasteiger partial charge in [-0.15, -0.1) is 11.8 Å². The third kappa shape index (κ3) is 7.91. The number of hydrogen-bond donors (Lipinski definition) is 2. The summed E-state index contributed by atoms with van der Waals surface area (Å²) in [5, 5.41) is 5.83. The summed E-state index contributed by atoms with van der Waals surface area (Å²) in [7, 11) is 4.02. The molecule has 5 nitrogen and oxygen atoms in total. The lowest BCUT2D eigenvalue weighted by Crippen LogP contribution is -2.35. The monoisotopic (exact) mass is 413 g/mol. The fraction of sp³-hybridized carbons (Fsp3) is 0.391. The lowest BCUT2D eigenvalue weighted by molar-refractivity contribution is -0.118. The SMILES string of the molecule is CCc1ccc([C@H](CNC(=O)CSCC(=O)Nc2ccc(C)cc2)N(C)C)cc1. The highest BCUT2D eigenvalue weighted by Gasteiger charge is 2.15. The van der Waals surface area contributed by atoms with E-state index in [0.29, 0.717) is 6.54 Å². The fourth-order valence-electron chi connectivity index (χ4n) is 2.91. The molecule has 0 aliphatic heterocycles. The molecule has 0 radical (unpaired) electrons. The topological polar surface area (TPSA) is 61.4 Å². The van der Waals surface area contributed by atoms with E-state index < -0.39 is 0 Å². The van der Waals surface area contributed by atoms with Crippen LogP contribution in [0.5, 0.6) is 0 Å². The Kier molecular flexibility index (Phi) is 9.22. The highest BCUT2D eigenvalue weighted by atomic mass is 32.2. The summed E-state index contributed by atoms with van der Waals surface area (Å²) in [5.74, 6) is 0.344. The standard InChI is InChI=1S/C23H31N3O2S/c1-5-18-8-10-19(11-9-18)21(26(3)4)14-24-22(27)15-29-16-23(28)25-20-12-6-17(2)7-13-20/h6-13,21H,5,14-16H2,1-4H3,(H,24,27)(H,25,28)/t21-/m0/s1. The molecule has 0 aromatic heterocycles. The number of benzene rings is 2. The molecular weight excluding hydrogens is 382 g/mol. The zero-order valence-corrected chi connectivity index (χ0v) is 18.5. The number of nitrogens with one attached hydrogen (secondary N) is 2. The van der Waals surface area contributed by atoms with Gasteiger partial charge in [-0.1, -0.05) is 48.9 Å². The summed E-state index contributed by atoms with van der Waals surface area (Å²) < 4.78 is 0. The number of amides is 2. The second-order valence-electron chi connectivity index (χ2n) is 7.29. The van der Waals surface area contributed by atoms with Crippen molar-refractivity contribution in [2.24, 2.45) is 0 Å². The van der Waals surface area contributed by atoms with Crippen LogP contribution in [0.25, 0.3) is 0 Å². The third-order valence-corrected chi connectivity index (χ3v) is 5.62. The predicted molar refractivity (Wildman–Crippen MR) is 122 cm³/mol. The lowest BCUT2D eigenvalue weighted by Gasteiger charge is -2.25. The first-order valence-electron chi connectivity index (χ1n) is 9.85. The molecule has 0 unspecified atom stereocenters. The van der Waals surface area contributed by atoms with Gasteiger partial charge in [-0.2, -0.15) is 0 Å². The summed E-state index contributed by atoms with van der Waals surface area (Å²) in [6.45, 7) is 4.67. The van der Waals surface area contributed by atoms with Gasteiger partial charge >= 0.3 is 0 Å². The second-order valence-corrected chi connectivity index (χ2v) is 8.27. The summed E-state index contributed by atoms with van der Waals surface area (Å²) in [5.41, 5.74) is 4.40. The number of thioether (sulfide) groups is 1. The lowest BCUT2D eigenvalue weighted by atomic mass is 10.0. The fourth-order valence-corrected chi connectivity index (χ4v) is 3.55. The Bertz CT molecular complexity index is 789. The van der Waals surface area contributed by atoms with Crippen molar-refractivity contribution in [1.82, 2.24) is 10.2 Å². The Morgan fingerprint density at radius 1 is 0.966 bits per heavy atom. The van der Waals surface area contributed by atoms with Crippen LogP contribution in [0.2, 0.25) is 0 Å². The molecule has 2 aromatic rings. The Labute approximate surface area is 178 Å². The number of rotatable bonds is 10. The van der Waals surface area contributed by atoms with Crippen LogP contribution in [-0.2, 0) is 16.0 Å². The predicted octanol–water partition coefficient (Wildman–Crippen LogP) is 3.65. The van der Waals surface area contributed by atoms with Crippen LogP contribution >= 0.6 is 11.8 Å². The minimum atomic E-state index is -0.103. The largest absolute Gasteiger partial charge is 0.353 e. The van der Waals surface area contributed by atoms with Crippen LogP contribution in [0.1, 0.15) is 29.7 Å². The average Bonchev–Trinajstić information content (AvgIpc) is 2.70. The maximum Gasteiger partial charge on any atom is 0.234 e. The normalized spacial score (nSPS) is 11.9. The number of anilines is 1. The van der Waals surface area contributed by atoms with Gasteiger partial charge in [-0.3, -0.25) is 9.59 Å². The molecule has 0 saturated heterocycles. The van der Waals surface area contributed by atoms with Gasteiger partial charge < -0.3 is 15.5 Å². The van der Waals surface area contributed by atoms with Crippen molar-refractivity contribution in [2.45, 2.75) is 26.3 Å². The molecule has 156 valence electrons. The van der Waals surface area contributed by atoms with Gasteiger partial charge in [-0.05, 0) is 50.7 Å². The highest BCUT2D eigenvalue weighted by molar-refractivity contribution is 8.00. The van der Waals surface area contributed by atoms with Crippen LogP contribution in [0.3, 0.4) is 0 Å². The number of hydrogen-bond acceptors (Lipinski definition) is 4. The van der Waals surface area contributed by atoms with E-state index >= 15 is 0 Å². The molecule has 2 N–H and O–H groups in total. The number of carbonyl (C=O) groups is 2. The van der Waals surface area contributed by atoms with E-state index in [1.54, 1.807) is 0 Å². The molecular formula is C23H31N3O2S. The van der Waals surface area contributed by atoms with E-state index in [9.17, 15) is 9.59 Å². The van der Waals surface area contributed by atoms with Crippen LogP contribution in [-0.4, -0.2) is 48.9 Å². The molecule has 2 amide bonds. The van der Waals surface area contributed by atoms with Crippen molar-refractivity contribution in [3.8, 4) is 0 Å². The first kappa shape index (κ1) is 23.0. The summed E-state index contributed by atoms with van der Waals surface area (Å²) in [6, 6.07) is 16.3. The van der Waals surface area contributed by atoms with Crippen molar-refractivity contribution in [3.05, 3.63) is 65.2 Å². The van der Waals surface area contributed by atoms with Gasteiger partial charge in [0.05, 0.1) is 17.5 Å². The summed E-state index contributed by atoms with van der Waals surface area (Å²) in [6.07, 6.45) is 1.01. The van der Waals surface area contributed by atoms with E-state index in [1.807, 2.05) is 45.3 Å². The molecule has 6 heteroatoms. The molecule has 2 rings (SSSR count). The van der Waals surface area contributed by atoms with Gasteiger partial charge in [0.25, 0.3) is 0 Å². The van der Waals surface area contributed by atoms with Gasteiger partial charge in [0.2, 0.25) is 11.8 Å². The Balaban J connectivity index is 1.74. The molecule has 0 heterocycles. The van der Waals surface area contributed by atoms with E-state index in [4.69, 9.17) is 0 Å². The van der Waals surface area contributed by atoms with Gasteiger partial charge in [-0.25, -0.2) is 0 Å². The van der Waals surface area contributed by atoms with E-state index in [1.165, 1.54) is 22.9 Å². The Morgan fingerprint density at radius 2 is 1.59 bits per heavy atom. The molecule has 29 heavy (non-hydrogen) atoms. The second kappa shape index (κ2) is 11.6. The van der Waals surface area contributed by atoms with Crippen LogP contribution in [0.15, 0.2) is 48.5 Å². The average molecular weight is 414 g/mol. The van der Waals surface area contributed by atoms with Crippen molar-refractivity contribution < 1.29 is 9.59 Å². The first-order chi connectivity index (χ1) is 13.9. The number of likely N-dealkylation sites (N-methyl/N-ethyl adjacent to an activating group) is 1. The molecule has 0 saturated carbocycles. The molecule has 0 aliphatic rings. The van der Waals surface area contributed by atoms with Crippen molar-refractivity contribution in [3.63, 3.8) is 0 Å². The summed E-state index contributed by atoms with van der Waals surface area (Å²) in [4.78, 5) is 26.3. The minimum absolute atomic E-state index is 0.0600. The van der Waals surface area contributed by atoms with E-state index in [0.717, 1.165) is 17.7 Å². The van der Waals surface area contributed by atoms with Gasteiger partial charge in [0, 0.05) is 12.2 Å². The zero-order valence-electron chi connectivity index (χ0n) is 17.7. The van der Waals surface area contributed by atoms with Gasteiger partial charge in [0.1, 0.15) is 0 Å². The number of nitrogens with zero attached hydrogens (tertiary/aromatic N) is 1. The Morgan fingerprint density at radius 3 is 2.17 bits per heavy atom. The molecule has 0 fully saturated rings. The van der Waals surface area contributed by atoms with Crippen molar-refractivity contribution in [2.75, 3.05) is 37.5 Å². The molecule has 1 atom stereocenters. The maximum atomic E-state index is 12.2. The maximum absolute atomic E-state index is 12.2. The van der Waals surface area contributed by atoms with Crippen molar-refractivity contribution in [1.29, 1.82) is 0 Å². The Hall–Kier alpha value is -2.31. The minimum Gasteiger partial charge on any atom is -0.353 e. The van der Waals surface area contributed by atoms with Crippen molar-refractivity contribution >= 4 is 29.3 Å². The van der Waals surface area contributed by atoms with E-state index in [2.05, 4.69) is 46.7 Å². The molecule has 2 aromatic carbocycles. The molecule has 0 bridgehead atoms. The van der Waals surface area contributed by atoms with Crippen LogP contribution in [0, 0.1) is 6.92 Å². The summed E-state index contributed by atoms with van der Waals surface area (Å²) >= 11 is 1.31. The van der Waals surface area contributed by atoms with Crippen LogP contribution < -0.4 is 10.6 Å². The quantitative estimate of drug-likeness (QED) is 0.624. The molecule has 0 aliphatic carbocycles. The first-order valence-corrected chi connectivity index (χ1v) is 11.0. The smallest absolute Gasteiger partial charge is 0.234 e. The zero-order chi connectivity index (χ0) is 21.2. The van der Waals surface area contributed by atoms with E-state index in [-0.39, 0.29) is 29.4 Å². The highest BCUT2D eigenvalue weighted by Crippen LogP contribution is 2.18. The number of carbonyl (C=O) groups excluding carboxylic acids is 2. The number of aryl methyl sites for hydroxylation is 2. The van der Waals surface area contributed by atoms with Gasteiger partial charge in [0.15, 0.2) is 0 Å². The third-order valence-electron chi connectivity index (χ3n) is 4.69. The molecule has 0 spiro atoms.